The first-order chi connectivity index (χ1) is 7.72. The maximum Gasteiger partial charge on any atom is 0.119 e. The predicted octanol–water partition coefficient (Wildman–Crippen LogP) is 2.77. The zero-order chi connectivity index (χ0) is 12.0. The van der Waals surface area contributed by atoms with E-state index in [0.717, 1.165) is 5.56 Å². The number of methoxy groups -OCH3 is 1. The van der Waals surface area contributed by atoms with Gasteiger partial charge in [-0.25, -0.2) is 0 Å². The Morgan fingerprint density at radius 3 is 2.75 bits per heavy atom. The van der Waals surface area contributed by atoms with Crippen molar-refractivity contribution >= 4 is 11.6 Å². The van der Waals surface area contributed by atoms with Gasteiger partial charge >= 0.3 is 0 Å². The standard InChI is InChI=1S/C13H10N2O/c1-10(9-15)13-8-12(16-2)6-5-11(13)4-3-7-14/h3-6,8H,1H2,2H3/b4-3+. The molecular weight excluding hydrogens is 200 g/mol. The summed E-state index contributed by atoms with van der Waals surface area (Å²) < 4.78 is 5.07. The smallest absolute Gasteiger partial charge is 0.119 e. The van der Waals surface area contributed by atoms with Gasteiger partial charge in [0.1, 0.15) is 5.75 Å². The van der Waals surface area contributed by atoms with Crippen LogP contribution in [0.15, 0.2) is 30.9 Å². The molecule has 0 aliphatic heterocycles. The summed E-state index contributed by atoms with van der Waals surface area (Å²) in [5.41, 5.74) is 1.79. The van der Waals surface area contributed by atoms with Crippen molar-refractivity contribution in [3.63, 3.8) is 0 Å². The molecular formula is C13H10N2O. The van der Waals surface area contributed by atoms with Crippen molar-refractivity contribution in [1.29, 1.82) is 10.5 Å². The largest absolute Gasteiger partial charge is 0.497 e. The van der Waals surface area contributed by atoms with Crippen LogP contribution in [0.4, 0.5) is 0 Å². The van der Waals surface area contributed by atoms with E-state index in [2.05, 4.69) is 6.58 Å². The summed E-state index contributed by atoms with van der Waals surface area (Å²) in [7, 11) is 1.55. The summed E-state index contributed by atoms with van der Waals surface area (Å²) in [6.45, 7) is 3.65. The summed E-state index contributed by atoms with van der Waals surface area (Å²) in [6, 6.07) is 9.16. The second-order valence-corrected chi connectivity index (χ2v) is 3.01. The predicted molar refractivity (Wildman–Crippen MR) is 62.3 cm³/mol. The van der Waals surface area contributed by atoms with Crippen LogP contribution in [0.2, 0.25) is 0 Å². The molecule has 0 saturated carbocycles. The fourth-order valence-corrected chi connectivity index (χ4v) is 1.26. The van der Waals surface area contributed by atoms with Gasteiger partial charge in [0, 0.05) is 11.6 Å². The van der Waals surface area contributed by atoms with E-state index in [4.69, 9.17) is 15.3 Å². The van der Waals surface area contributed by atoms with Crippen molar-refractivity contribution in [2.45, 2.75) is 0 Å². The van der Waals surface area contributed by atoms with Crippen LogP contribution in [0.25, 0.3) is 11.6 Å². The monoisotopic (exact) mass is 210 g/mol. The van der Waals surface area contributed by atoms with Gasteiger partial charge in [-0.1, -0.05) is 12.6 Å². The van der Waals surface area contributed by atoms with Crippen LogP contribution in [0.5, 0.6) is 5.75 Å². The molecule has 0 amide bonds. The maximum absolute atomic E-state index is 8.82. The zero-order valence-electron chi connectivity index (χ0n) is 8.90. The molecule has 0 spiro atoms. The van der Waals surface area contributed by atoms with Crippen LogP contribution < -0.4 is 4.74 Å². The van der Waals surface area contributed by atoms with Gasteiger partial charge in [-0.05, 0) is 23.8 Å². The van der Waals surface area contributed by atoms with E-state index in [-0.39, 0.29) is 0 Å². The van der Waals surface area contributed by atoms with Crippen molar-refractivity contribution in [2.75, 3.05) is 7.11 Å². The summed E-state index contributed by atoms with van der Waals surface area (Å²) in [6.07, 6.45) is 2.99. The Morgan fingerprint density at radius 2 is 2.19 bits per heavy atom. The molecule has 1 aromatic rings. The van der Waals surface area contributed by atoms with Gasteiger partial charge in [-0.15, -0.1) is 0 Å². The maximum atomic E-state index is 8.82. The first-order valence-electron chi connectivity index (χ1n) is 4.56. The van der Waals surface area contributed by atoms with Gasteiger partial charge in [0.15, 0.2) is 0 Å². The average molecular weight is 210 g/mol. The highest BCUT2D eigenvalue weighted by molar-refractivity contribution is 5.81. The lowest BCUT2D eigenvalue weighted by molar-refractivity contribution is 0.414. The molecule has 0 aliphatic carbocycles. The fraction of sp³-hybridized carbons (Fsp3) is 0.0769. The Balaban J connectivity index is 3.29. The molecule has 3 nitrogen and oxygen atoms in total. The number of hydrogen-bond donors (Lipinski definition) is 0. The van der Waals surface area contributed by atoms with Crippen molar-refractivity contribution in [3.8, 4) is 17.9 Å². The van der Waals surface area contributed by atoms with E-state index in [0.29, 0.717) is 16.9 Å². The van der Waals surface area contributed by atoms with E-state index >= 15 is 0 Å². The number of benzene rings is 1. The molecule has 0 unspecified atom stereocenters. The molecule has 0 bridgehead atoms. The third-order valence-corrected chi connectivity index (χ3v) is 2.06. The van der Waals surface area contributed by atoms with Crippen molar-refractivity contribution in [2.24, 2.45) is 0 Å². The quantitative estimate of drug-likeness (QED) is 0.721. The summed E-state index contributed by atoms with van der Waals surface area (Å²) in [5, 5.41) is 17.3. The van der Waals surface area contributed by atoms with Crippen LogP contribution >= 0.6 is 0 Å². The minimum atomic E-state index is 0.344. The number of nitrogens with zero attached hydrogens (tertiary/aromatic N) is 2. The average Bonchev–Trinajstić information content (AvgIpc) is 2.35. The van der Waals surface area contributed by atoms with Gasteiger partial charge in [-0.3, -0.25) is 0 Å². The third kappa shape index (κ3) is 2.50. The topological polar surface area (TPSA) is 56.8 Å². The molecule has 0 N–H and O–H groups in total. The number of allylic oxidation sites excluding steroid dienone is 2. The van der Waals surface area contributed by atoms with Gasteiger partial charge in [0.2, 0.25) is 0 Å². The van der Waals surface area contributed by atoms with E-state index < -0.39 is 0 Å². The highest BCUT2D eigenvalue weighted by Gasteiger charge is 2.05. The second kappa shape index (κ2) is 5.38. The molecule has 0 aliphatic rings. The van der Waals surface area contributed by atoms with Crippen molar-refractivity contribution < 1.29 is 4.74 Å². The Labute approximate surface area is 94.5 Å². The molecule has 3 heteroatoms. The Kier molecular flexibility index (Phi) is 3.89. The molecule has 1 rings (SSSR count). The Bertz CT molecular complexity index is 516. The van der Waals surface area contributed by atoms with Crippen LogP contribution in [-0.4, -0.2) is 7.11 Å². The molecule has 0 saturated heterocycles. The number of rotatable bonds is 3. The van der Waals surface area contributed by atoms with E-state index in [1.165, 1.54) is 6.08 Å². The van der Waals surface area contributed by atoms with E-state index in [1.807, 2.05) is 12.1 Å². The molecule has 78 valence electrons. The lowest BCUT2D eigenvalue weighted by Gasteiger charge is -2.06. The van der Waals surface area contributed by atoms with E-state index in [1.54, 1.807) is 31.4 Å². The van der Waals surface area contributed by atoms with Crippen molar-refractivity contribution in [1.82, 2.24) is 0 Å². The highest BCUT2D eigenvalue weighted by atomic mass is 16.5. The molecule has 0 aromatic heterocycles. The molecule has 16 heavy (non-hydrogen) atoms. The first kappa shape index (κ1) is 11.6. The minimum absolute atomic E-state index is 0.344. The number of ether oxygens (including phenoxy) is 1. The molecule has 0 fully saturated rings. The number of nitriles is 2. The zero-order valence-corrected chi connectivity index (χ0v) is 8.90. The molecule has 0 radical (unpaired) electrons. The Morgan fingerprint density at radius 1 is 1.44 bits per heavy atom. The molecule has 0 atom stereocenters. The van der Waals surface area contributed by atoms with Gasteiger partial charge < -0.3 is 4.74 Å². The summed E-state index contributed by atoms with van der Waals surface area (Å²) in [4.78, 5) is 0. The summed E-state index contributed by atoms with van der Waals surface area (Å²) in [5.74, 6) is 0.653. The highest BCUT2D eigenvalue weighted by Crippen LogP contribution is 2.24. The normalized spacial score (nSPS) is 9.44. The first-order valence-corrected chi connectivity index (χ1v) is 4.56. The van der Waals surface area contributed by atoms with Crippen LogP contribution in [-0.2, 0) is 0 Å². The van der Waals surface area contributed by atoms with Crippen LogP contribution in [0.3, 0.4) is 0 Å². The molecule has 1 aromatic carbocycles. The van der Waals surface area contributed by atoms with Crippen LogP contribution in [0.1, 0.15) is 11.1 Å². The second-order valence-electron chi connectivity index (χ2n) is 3.01. The third-order valence-electron chi connectivity index (χ3n) is 2.06. The van der Waals surface area contributed by atoms with E-state index in [9.17, 15) is 0 Å². The van der Waals surface area contributed by atoms with Crippen LogP contribution in [0, 0.1) is 22.7 Å². The fourth-order valence-electron chi connectivity index (χ4n) is 1.26. The molecule has 0 heterocycles. The van der Waals surface area contributed by atoms with Gasteiger partial charge in [0.25, 0.3) is 0 Å². The lowest BCUT2D eigenvalue weighted by atomic mass is 10.0. The number of hydrogen-bond acceptors (Lipinski definition) is 3. The van der Waals surface area contributed by atoms with Gasteiger partial charge in [-0.2, -0.15) is 10.5 Å². The van der Waals surface area contributed by atoms with Crippen molar-refractivity contribution in [3.05, 3.63) is 42.0 Å². The Hall–Kier alpha value is -2.52. The SMILES string of the molecule is C=C(C#N)c1cc(OC)ccc1/C=C/C#N. The lowest BCUT2D eigenvalue weighted by Crippen LogP contribution is -1.89. The van der Waals surface area contributed by atoms with Gasteiger partial charge in [0.05, 0.1) is 24.8 Å². The minimum Gasteiger partial charge on any atom is -0.497 e. The summed E-state index contributed by atoms with van der Waals surface area (Å²) >= 11 is 0.